The largest absolute Gasteiger partial charge is 0.402 e. The van der Waals surface area contributed by atoms with Crippen LogP contribution in [0.15, 0.2) is 53.8 Å². The predicted octanol–water partition coefficient (Wildman–Crippen LogP) is 2.28. The third kappa shape index (κ3) is 1.55. The Morgan fingerprint density at radius 3 is 2.44 bits per heavy atom. The van der Waals surface area contributed by atoms with E-state index in [0.717, 1.165) is 16.8 Å². The SMILES string of the molecule is CC1=C(N)C(C)C(N)(c2ccccc2)C=C1. The maximum atomic E-state index is 6.48. The molecular weight excluding hydrogens is 196 g/mol. The molecule has 84 valence electrons. The van der Waals surface area contributed by atoms with Crippen LogP contribution in [0.2, 0.25) is 0 Å². The van der Waals surface area contributed by atoms with Crippen LogP contribution in [0.1, 0.15) is 19.4 Å². The minimum Gasteiger partial charge on any atom is -0.402 e. The number of rotatable bonds is 1. The first kappa shape index (κ1) is 11.0. The first-order chi connectivity index (χ1) is 7.55. The molecule has 2 rings (SSSR count). The first-order valence-corrected chi connectivity index (χ1v) is 5.55. The average molecular weight is 214 g/mol. The van der Waals surface area contributed by atoms with Gasteiger partial charge in [-0.3, -0.25) is 0 Å². The van der Waals surface area contributed by atoms with E-state index >= 15 is 0 Å². The van der Waals surface area contributed by atoms with Gasteiger partial charge in [0.1, 0.15) is 0 Å². The van der Waals surface area contributed by atoms with E-state index in [1.165, 1.54) is 0 Å². The van der Waals surface area contributed by atoms with E-state index in [0.29, 0.717) is 0 Å². The van der Waals surface area contributed by atoms with E-state index < -0.39 is 5.54 Å². The van der Waals surface area contributed by atoms with Crippen molar-refractivity contribution < 1.29 is 0 Å². The summed E-state index contributed by atoms with van der Waals surface area (Å²) in [5, 5.41) is 0. The number of allylic oxidation sites excluding steroid dienone is 2. The summed E-state index contributed by atoms with van der Waals surface area (Å²) in [5.74, 6) is 0.125. The summed E-state index contributed by atoms with van der Waals surface area (Å²) in [6.07, 6.45) is 4.07. The molecule has 0 aromatic heterocycles. The summed E-state index contributed by atoms with van der Waals surface area (Å²) in [6, 6.07) is 10.1. The fourth-order valence-corrected chi connectivity index (χ4v) is 2.18. The molecule has 2 heteroatoms. The molecule has 2 unspecified atom stereocenters. The Labute approximate surface area is 96.6 Å². The van der Waals surface area contributed by atoms with Gasteiger partial charge in [0, 0.05) is 11.6 Å². The van der Waals surface area contributed by atoms with Crippen molar-refractivity contribution in [2.24, 2.45) is 17.4 Å². The van der Waals surface area contributed by atoms with Gasteiger partial charge in [0.25, 0.3) is 0 Å². The van der Waals surface area contributed by atoms with Gasteiger partial charge >= 0.3 is 0 Å². The maximum Gasteiger partial charge on any atom is 0.0679 e. The standard InChI is InChI=1S/C14H18N2/c1-10-8-9-14(16,11(2)13(10)15)12-6-4-3-5-7-12/h3-9,11H,15-16H2,1-2H3. The Balaban J connectivity index is 2.47. The second kappa shape index (κ2) is 3.80. The van der Waals surface area contributed by atoms with Crippen LogP contribution in [0, 0.1) is 5.92 Å². The molecule has 1 aliphatic rings. The molecule has 0 heterocycles. The summed E-state index contributed by atoms with van der Waals surface area (Å²) in [6.45, 7) is 4.10. The lowest BCUT2D eigenvalue weighted by Crippen LogP contribution is -2.45. The van der Waals surface area contributed by atoms with Crippen molar-refractivity contribution in [1.82, 2.24) is 0 Å². The summed E-state index contributed by atoms with van der Waals surface area (Å²) in [4.78, 5) is 0. The molecule has 4 N–H and O–H groups in total. The Morgan fingerprint density at radius 1 is 1.19 bits per heavy atom. The topological polar surface area (TPSA) is 52.0 Å². The normalized spacial score (nSPS) is 29.6. The van der Waals surface area contributed by atoms with Gasteiger partial charge in [0.15, 0.2) is 0 Å². The average Bonchev–Trinajstić information content (AvgIpc) is 2.33. The predicted molar refractivity (Wildman–Crippen MR) is 67.5 cm³/mol. The second-order valence-corrected chi connectivity index (χ2v) is 4.49. The van der Waals surface area contributed by atoms with Crippen LogP contribution in [-0.2, 0) is 5.54 Å². The van der Waals surface area contributed by atoms with E-state index in [1.54, 1.807) is 0 Å². The second-order valence-electron chi connectivity index (χ2n) is 4.49. The zero-order chi connectivity index (χ0) is 11.8. The molecular formula is C14H18N2. The Bertz CT molecular complexity index is 445. The van der Waals surface area contributed by atoms with E-state index in [2.05, 4.69) is 25.1 Å². The van der Waals surface area contributed by atoms with Gasteiger partial charge in [-0.1, -0.05) is 49.4 Å². The van der Waals surface area contributed by atoms with Crippen LogP contribution in [0.25, 0.3) is 0 Å². The highest BCUT2D eigenvalue weighted by molar-refractivity contribution is 5.41. The van der Waals surface area contributed by atoms with Crippen molar-refractivity contribution in [3.63, 3.8) is 0 Å². The highest BCUT2D eigenvalue weighted by Gasteiger charge is 2.35. The van der Waals surface area contributed by atoms with Gasteiger partial charge in [-0.15, -0.1) is 0 Å². The van der Waals surface area contributed by atoms with Gasteiger partial charge in [0.2, 0.25) is 0 Å². The molecule has 0 radical (unpaired) electrons. The van der Waals surface area contributed by atoms with Crippen LogP contribution in [0.4, 0.5) is 0 Å². The first-order valence-electron chi connectivity index (χ1n) is 5.55. The minimum atomic E-state index is -0.481. The van der Waals surface area contributed by atoms with Gasteiger partial charge in [-0.05, 0) is 18.1 Å². The highest BCUT2D eigenvalue weighted by atomic mass is 14.8. The van der Waals surface area contributed by atoms with Gasteiger partial charge < -0.3 is 11.5 Å². The van der Waals surface area contributed by atoms with Crippen molar-refractivity contribution in [3.8, 4) is 0 Å². The molecule has 0 fully saturated rings. The smallest absolute Gasteiger partial charge is 0.0679 e. The van der Waals surface area contributed by atoms with Crippen LogP contribution >= 0.6 is 0 Å². The van der Waals surface area contributed by atoms with E-state index in [4.69, 9.17) is 11.5 Å². The van der Waals surface area contributed by atoms with E-state index in [9.17, 15) is 0 Å². The van der Waals surface area contributed by atoms with Crippen LogP contribution in [0.3, 0.4) is 0 Å². The summed E-state index contributed by atoms with van der Waals surface area (Å²) < 4.78 is 0. The van der Waals surface area contributed by atoms with Crippen LogP contribution in [0.5, 0.6) is 0 Å². The lowest BCUT2D eigenvalue weighted by molar-refractivity contribution is 0.406. The van der Waals surface area contributed by atoms with Crippen LogP contribution in [-0.4, -0.2) is 0 Å². The summed E-state index contributed by atoms with van der Waals surface area (Å²) in [5.41, 5.74) is 15.2. The molecule has 16 heavy (non-hydrogen) atoms. The quantitative estimate of drug-likeness (QED) is 0.753. The molecule has 1 aromatic carbocycles. The van der Waals surface area contributed by atoms with Crippen LogP contribution < -0.4 is 11.5 Å². The fourth-order valence-electron chi connectivity index (χ4n) is 2.18. The van der Waals surface area contributed by atoms with Crippen molar-refractivity contribution in [1.29, 1.82) is 0 Å². The Morgan fingerprint density at radius 2 is 1.81 bits per heavy atom. The number of nitrogens with two attached hydrogens (primary N) is 2. The van der Waals surface area contributed by atoms with Gasteiger partial charge in [-0.25, -0.2) is 0 Å². The van der Waals surface area contributed by atoms with Gasteiger partial charge in [0.05, 0.1) is 5.54 Å². The molecule has 1 aliphatic carbocycles. The molecule has 0 bridgehead atoms. The van der Waals surface area contributed by atoms with Gasteiger partial charge in [-0.2, -0.15) is 0 Å². The summed E-state index contributed by atoms with van der Waals surface area (Å²) in [7, 11) is 0. The molecule has 0 spiro atoms. The Kier molecular flexibility index (Phi) is 2.60. The molecule has 2 nitrogen and oxygen atoms in total. The fraction of sp³-hybridized carbons (Fsp3) is 0.286. The van der Waals surface area contributed by atoms with Crippen molar-refractivity contribution >= 4 is 0 Å². The molecule has 0 amide bonds. The molecule has 0 aliphatic heterocycles. The zero-order valence-electron chi connectivity index (χ0n) is 9.77. The molecule has 1 aromatic rings. The molecule has 0 saturated carbocycles. The third-order valence-electron chi connectivity index (χ3n) is 3.52. The molecule has 0 saturated heterocycles. The Hall–Kier alpha value is -1.54. The van der Waals surface area contributed by atoms with E-state index in [1.807, 2.05) is 31.2 Å². The molecule has 2 atom stereocenters. The monoisotopic (exact) mass is 214 g/mol. The zero-order valence-corrected chi connectivity index (χ0v) is 9.77. The van der Waals surface area contributed by atoms with Crippen molar-refractivity contribution in [2.45, 2.75) is 19.4 Å². The van der Waals surface area contributed by atoms with Crippen molar-refractivity contribution in [3.05, 3.63) is 59.3 Å². The number of benzene rings is 1. The third-order valence-corrected chi connectivity index (χ3v) is 3.52. The minimum absolute atomic E-state index is 0.125. The van der Waals surface area contributed by atoms with Crippen molar-refractivity contribution in [2.75, 3.05) is 0 Å². The number of hydrogen-bond acceptors (Lipinski definition) is 2. The lowest BCUT2D eigenvalue weighted by atomic mass is 9.74. The lowest BCUT2D eigenvalue weighted by Gasteiger charge is -2.37. The highest BCUT2D eigenvalue weighted by Crippen LogP contribution is 2.36. The maximum absolute atomic E-state index is 6.48. The van der Waals surface area contributed by atoms with E-state index in [-0.39, 0.29) is 5.92 Å². The number of hydrogen-bond donors (Lipinski definition) is 2. The summed E-state index contributed by atoms with van der Waals surface area (Å²) >= 11 is 0.